The molecule has 35 heavy (non-hydrogen) atoms. The lowest BCUT2D eigenvalue weighted by Gasteiger charge is -2.37. The predicted octanol–water partition coefficient (Wildman–Crippen LogP) is 4.61. The summed E-state index contributed by atoms with van der Waals surface area (Å²) in [6.07, 6.45) is 3.38. The third-order valence-corrected chi connectivity index (χ3v) is 6.79. The minimum atomic E-state index is -0.315. The highest BCUT2D eigenvalue weighted by Gasteiger charge is 2.27. The zero-order chi connectivity index (χ0) is 24.5. The molecule has 0 atom stereocenters. The van der Waals surface area contributed by atoms with Crippen LogP contribution in [0.1, 0.15) is 18.4 Å². The monoisotopic (exact) mass is 473 g/mol. The van der Waals surface area contributed by atoms with Gasteiger partial charge in [0, 0.05) is 55.9 Å². The number of benzene rings is 2. The Morgan fingerprint density at radius 1 is 1.09 bits per heavy atom. The Kier molecular flexibility index (Phi) is 6.07. The van der Waals surface area contributed by atoms with E-state index >= 15 is 0 Å². The fourth-order valence-corrected chi connectivity index (χ4v) is 4.72. The number of hydrogen-bond acceptors (Lipinski definition) is 5. The van der Waals surface area contributed by atoms with Gasteiger partial charge in [0.2, 0.25) is 0 Å². The maximum atomic E-state index is 13.4. The van der Waals surface area contributed by atoms with Gasteiger partial charge in [0.1, 0.15) is 11.5 Å². The SMILES string of the molecule is Cc1cc(F)ccc1NC(=O)N(C)C1CCN(c2nnc(-c3ccnn3C)c3ccccc23)CC1. The summed E-state index contributed by atoms with van der Waals surface area (Å²) in [5.74, 6) is 0.546. The van der Waals surface area contributed by atoms with Gasteiger partial charge in [0.05, 0.1) is 5.69 Å². The summed E-state index contributed by atoms with van der Waals surface area (Å²) < 4.78 is 15.2. The lowest BCUT2D eigenvalue weighted by molar-refractivity contribution is 0.193. The second-order valence-electron chi connectivity index (χ2n) is 8.98. The average molecular weight is 474 g/mol. The van der Waals surface area contributed by atoms with E-state index in [9.17, 15) is 9.18 Å². The quantitative estimate of drug-likeness (QED) is 0.468. The largest absolute Gasteiger partial charge is 0.354 e. The summed E-state index contributed by atoms with van der Waals surface area (Å²) in [5, 5.41) is 18.5. The Bertz CT molecular complexity index is 1380. The van der Waals surface area contributed by atoms with E-state index < -0.39 is 0 Å². The molecule has 3 heterocycles. The highest BCUT2D eigenvalue weighted by molar-refractivity contribution is 5.99. The summed E-state index contributed by atoms with van der Waals surface area (Å²) in [7, 11) is 3.71. The van der Waals surface area contributed by atoms with Crippen molar-refractivity contribution in [1.82, 2.24) is 24.9 Å². The van der Waals surface area contributed by atoms with Crippen LogP contribution in [0.2, 0.25) is 0 Å². The lowest BCUT2D eigenvalue weighted by Crippen LogP contribution is -2.47. The first kappa shape index (κ1) is 22.8. The molecular weight excluding hydrogens is 445 g/mol. The Morgan fingerprint density at radius 2 is 1.83 bits per heavy atom. The molecule has 1 saturated heterocycles. The molecule has 2 aromatic carbocycles. The van der Waals surface area contributed by atoms with Crippen LogP contribution in [-0.4, -0.2) is 57.1 Å². The molecule has 2 amide bonds. The number of urea groups is 1. The standard InChI is InChI=1S/C26H28FN7O/c1-17-16-18(27)8-9-22(17)29-26(35)32(2)19-11-14-34(15-12-19)25-21-7-5-4-6-20(21)24(30-31-25)23-10-13-28-33(23)3/h4-10,13,16,19H,11-12,14-15H2,1-3H3,(H,29,35). The smallest absolute Gasteiger partial charge is 0.321 e. The predicted molar refractivity (Wildman–Crippen MR) is 135 cm³/mol. The van der Waals surface area contributed by atoms with Gasteiger partial charge in [-0.25, -0.2) is 9.18 Å². The average Bonchev–Trinajstić information content (AvgIpc) is 3.30. The summed E-state index contributed by atoms with van der Waals surface area (Å²) in [6.45, 7) is 3.31. The summed E-state index contributed by atoms with van der Waals surface area (Å²) >= 11 is 0. The molecule has 0 saturated carbocycles. The molecule has 1 fully saturated rings. The maximum Gasteiger partial charge on any atom is 0.321 e. The topological polar surface area (TPSA) is 79.2 Å². The van der Waals surface area contributed by atoms with Crippen molar-refractivity contribution in [2.24, 2.45) is 7.05 Å². The number of nitrogens with zero attached hydrogens (tertiary/aromatic N) is 6. The number of amides is 2. The molecule has 1 aliphatic heterocycles. The Labute approximate surface area is 203 Å². The van der Waals surface area contributed by atoms with Crippen molar-refractivity contribution in [2.75, 3.05) is 30.4 Å². The van der Waals surface area contributed by atoms with Gasteiger partial charge >= 0.3 is 6.03 Å². The van der Waals surface area contributed by atoms with Crippen LogP contribution in [0.15, 0.2) is 54.7 Å². The fraction of sp³-hybridized carbons (Fsp3) is 0.308. The first-order valence-electron chi connectivity index (χ1n) is 11.7. The molecule has 180 valence electrons. The molecule has 4 aromatic rings. The van der Waals surface area contributed by atoms with E-state index in [0.717, 1.165) is 53.9 Å². The Balaban J connectivity index is 1.30. The molecule has 2 aromatic heterocycles. The second kappa shape index (κ2) is 9.32. The first-order chi connectivity index (χ1) is 16.9. The van der Waals surface area contributed by atoms with Gasteiger partial charge in [-0.05, 0) is 49.6 Å². The number of hydrogen-bond donors (Lipinski definition) is 1. The van der Waals surface area contributed by atoms with E-state index in [1.54, 1.807) is 28.8 Å². The van der Waals surface area contributed by atoms with Gasteiger partial charge in [0.15, 0.2) is 5.82 Å². The van der Waals surface area contributed by atoms with Crippen LogP contribution in [0, 0.1) is 12.7 Å². The Hall–Kier alpha value is -4.01. The van der Waals surface area contributed by atoms with Crippen molar-refractivity contribution < 1.29 is 9.18 Å². The van der Waals surface area contributed by atoms with Crippen LogP contribution in [-0.2, 0) is 7.05 Å². The molecule has 8 nitrogen and oxygen atoms in total. The number of nitrogens with one attached hydrogen (secondary N) is 1. The van der Waals surface area contributed by atoms with Gasteiger partial charge in [-0.3, -0.25) is 4.68 Å². The number of piperidine rings is 1. The highest BCUT2D eigenvalue weighted by Crippen LogP contribution is 2.32. The minimum Gasteiger partial charge on any atom is -0.354 e. The van der Waals surface area contributed by atoms with E-state index in [4.69, 9.17) is 0 Å². The first-order valence-corrected chi connectivity index (χ1v) is 11.7. The maximum absolute atomic E-state index is 13.4. The van der Waals surface area contributed by atoms with E-state index in [1.807, 2.05) is 32.3 Å². The number of aromatic nitrogens is 4. The van der Waals surface area contributed by atoms with E-state index in [0.29, 0.717) is 11.3 Å². The van der Waals surface area contributed by atoms with Crippen molar-refractivity contribution in [1.29, 1.82) is 0 Å². The molecule has 0 radical (unpaired) electrons. The molecule has 5 rings (SSSR count). The van der Waals surface area contributed by atoms with Crippen LogP contribution in [0.25, 0.3) is 22.2 Å². The highest BCUT2D eigenvalue weighted by atomic mass is 19.1. The molecule has 0 aliphatic carbocycles. The van der Waals surface area contributed by atoms with Crippen molar-refractivity contribution in [2.45, 2.75) is 25.8 Å². The van der Waals surface area contributed by atoms with Crippen LogP contribution in [0.5, 0.6) is 0 Å². The zero-order valence-corrected chi connectivity index (χ0v) is 20.1. The number of carbonyl (C=O) groups excluding carboxylic acids is 1. The number of carbonyl (C=O) groups is 1. The molecule has 9 heteroatoms. The van der Waals surface area contributed by atoms with Gasteiger partial charge in [-0.2, -0.15) is 5.10 Å². The van der Waals surface area contributed by atoms with Crippen molar-refractivity contribution >= 4 is 28.3 Å². The summed E-state index contributed by atoms with van der Waals surface area (Å²) in [6, 6.07) is 14.4. The molecular formula is C26H28FN7O. The van der Waals surface area contributed by atoms with Crippen LogP contribution < -0.4 is 10.2 Å². The molecule has 0 spiro atoms. The van der Waals surface area contributed by atoms with Crippen molar-refractivity contribution in [3.63, 3.8) is 0 Å². The van der Waals surface area contributed by atoms with Gasteiger partial charge in [-0.1, -0.05) is 24.3 Å². The number of anilines is 2. The fourth-order valence-electron chi connectivity index (χ4n) is 4.72. The van der Waals surface area contributed by atoms with Gasteiger partial charge in [-0.15, -0.1) is 10.2 Å². The minimum absolute atomic E-state index is 0.0972. The third kappa shape index (κ3) is 4.41. The van der Waals surface area contributed by atoms with E-state index in [2.05, 4.69) is 37.6 Å². The second-order valence-corrected chi connectivity index (χ2v) is 8.98. The normalized spacial score (nSPS) is 14.3. The number of rotatable bonds is 4. The zero-order valence-electron chi connectivity index (χ0n) is 20.1. The van der Waals surface area contributed by atoms with Gasteiger partial charge < -0.3 is 15.1 Å². The van der Waals surface area contributed by atoms with Crippen molar-refractivity contribution in [3.8, 4) is 11.4 Å². The lowest BCUT2D eigenvalue weighted by atomic mass is 10.0. The molecule has 0 unspecified atom stereocenters. The number of aryl methyl sites for hydroxylation is 2. The molecule has 0 bridgehead atoms. The summed E-state index contributed by atoms with van der Waals surface area (Å²) in [5.41, 5.74) is 3.05. The van der Waals surface area contributed by atoms with Gasteiger partial charge in [0.25, 0.3) is 0 Å². The van der Waals surface area contributed by atoms with E-state index in [1.165, 1.54) is 12.1 Å². The van der Waals surface area contributed by atoms with Crippen LogP contribution in [0.4, 0.5) is 20.7 Å². The Morgan fingerprint density at radius 3 is 2.51 bits per heavy atom. The number of fused-ring (bicyclic) bond motifs is 1. The summed E-state index contributed by atoms with van der Waals surface area (Å²) in [4.78, 5) is 16.8. The van der Waals surface area contributed by atoms with E-state index in [-0.39, 0.29) is 17.9 Å². The number of halogens is 1. The molecule has 1 aliphatic rings. The van der Waals surface area contributed by atoms with Crippen LogP contribution in [0.3, 0.4) is 0 Å². The third-order valence-electron chi connectivity index (χ3n) is 6.79. The van der Waals surface area contributed by atoms with Crippen LogP contribution >= 0.6 is 0 Å². The van der Waals surface area contributed by atoms with Crippen molar-refractivity contribution in [3.05, 3.63) is 66.1 Å². The molecule has 1 N–H and O–H groups in total.